The molecule has 0 saturated heterocycles. The number of aliphatic hydroxyl groups excluding tert-OH is 2. The Labute approximate surface area is 180 Å². The summed E-state index contributed by atoms with van der Waals surface area (Å²) in [5.41, 5.74) is 0. The number of rotatable bonds is 16. The summed E-state index contributed by atoms with van der Waals surface area (Å²) in [7, 11) is 0. The summed E-state index contributed by atoms with van der Waals surface area (Å²) in [6, 6.07) is 0. The van der Waals surface area contributed by atoms with E-state index in [4.69, 9.17) is 10.2 Å². The van der Waals surface area contributed by atoms with E-state index in [9.17, 15) is 9.59 Å². The number of hydrogen-bond donors (Lipinski definition) is 2. The Morgan fingerprint density at radius 2 is 1.27 bits per heavy atom. The number of aliphatic hydroxyl groups is 2. The maximum absolute atomic E-state index is 11.3. The van der Waals surface area contributed by atoms with E-state index >= 15 is 0 Å². The molecule has 5 nitrogen and oxygen atoms in total. The molecule has 0 aromatic rings. The van der Waals surface area contributed by atoms with Gasteiger partial charge in [0, 0.05) is 6.08 Å². The van der Waals surface area contributed by atoms with E-state index in [1.165, 1.54) is 51.0 Å². The van der Waals surface area contributed by atoms with Gasteiger partial charge in [0.05, 0.1) is 6.61 Å². The lowest BCUT2D eigenvalue weighted by molar-refractivity contribution is -0.164. The summed E-state index contributed by atoms with van der Waals surface area (Å²) in [5.74, 6) is -2.09. The van der Waals surface area contributed by atoms with Crippen LogP contribution in [0.5, 0.6) is 0 Å². The second-order valence-electron chi connectivity index (χ2n) is 6.68. The van der Waals surface area contributed by atoms with Gasteiger partial charge in [0.25, 0.3) is 0 Å². The topological polar surface area (TPSA) is 83.8 Å². The Kier molecular flexibility index (Phi) is 19.4. The van der Waals surface area contributed by atoms with Crippen molar-refractivity contribution in [3.63, 3.8) is 0 Å². The molecule has 0 aromatic carbocycles. The van der Waals surface area contributed by atoms with Gasteiger partial charge in [-0.1, -0.05) is 112 Å². The van der Waals surface area contributed by atoms with Crippen LogP contribution in [0.25, 0.3) is 0 Å². The highest BCUT2D eigenvalue weighted by molar-refractivity contribution is 5.93. The van der Waals surface area contributed by atoms with Gasteiger partial charge in [0.2, 0.25) is 0 Å². The molecule has 30 heavy (non-hydrogen) atoms. The van der Waals surface area contributed by atoms with E-state index < -0.39 is 24.6 Å². The summed E-state index contributed by atoms with van der Waals surface area (Å²) in [5, 5.41) is 17.5. The average Bonchev–Trinajstić information content (AvgIpc) is 2.74. The highest BCUT2D eigenvalue weighted by Crippen LogP contribution is 2.08. The van der Waals surface area contributed by atoms with E-state index in [-0.39, 0.29) is 0 Å². The lowest BCUT2D eigenvalue weighted by atomic mass is 10.1. The fraction of sp³-hybridized carbons (Fsp3) is 0.440. The predicted molar refractivity (Wildman–Crippen MR) is 122 cm³/mol. The molecule has 1 unspecified atom stereocenters. The lowest BCUT2D eigenvalue weighted by Crippen LogP contribution is -2.28. The molecule has 2 N–H and O–H groups in total. The Hall–Kier alpha value is -2.50. The summed E-state index contributed by atoms with van der Waals surface area (Å²) in [6.45, 7) is 1.45. The molecule has 0 radical (unpaired) electrons. The molecular weight excluding hydrogens is 380 g/mol. The molecule has 0 aliphatic carbocycles. The van der Waals surface area contributed by atoms with E-state index in [0.29, 0.717) is 0 Å². The number of ether oxygens (including phenoxy) is 1. The minimum atomic E-state index is -1.71. The SMILES string of the molecule is CCCCCCCCC/C=C/C=C/C=C/C=C/C=C/C=C/C(=O)OC(=O)C(O)CO. The van der Waals surface area contributed by atoms with Crippen LogP contribution in [0.2, 0.25) is 0 Å². The minimum absolute atomic E-state index is 0.793. The summed E-state index contributed by atoms with van der Waals surface area (Å²) < 4.78 is 4.29. The summed E-state index contributed by atoms with van der Waals surface area (Å²) in [6.07, 6.45) is 30.2. The monoisotopic (exact) mass is 416 g/mol. The van der Waals surface area contributed by atoms with E-state index in [1.54, 1.807) is 18.2 Å². The highest BCUT2D eigenvalue weighted by atomic mass is 16.6. The van der Waals surface area contributed by atoms with Crippen molar-refractivity contribution in [3.05, 3.63) is 72.9 Å². The van der Waals surface area contributed by atoms with Gasteiger partial charge in [-0.3, -0.25) is 0 Å². The number of unbranched alkanes of at least 4 members (excludes halogenated alkanes) is 7. The first-order chi connectivity index (χ1) is 14.6. The van der Waals surface area contributed by atoms with Crippen LogP contribution < -0.4 is 0 Å². The fourth-order valence-electron chi connectivity index (χ4n) is 2.32. The number of allylic oxidation sites excluding steroid dienone is 11. The molecule has 5 heteroatoms. The van der Waals surface area contributed by atoms with Crippen molar-refractivity contribution < 1.29 is 24.5 Å². The molecule has 0 saturated carbocycles. The van der Waals surface area contributed by atoms with Crippen molar-refractivity contribution >= 4 is 11.9 Å². The van der Waals surface area contributed by atoms with E-state index in [2.05, 4.69) is 23.8 Å². The maximum atomic E-state index is 11.3. The molecule has 0 aliphatic heterocycles. The lowest BCUT2D eigenvalue weighted by Gasteiger charge is -2.03. The van der Waals surface area contributed by atoms with Crippen LogP contribution in [0.15, 0.2) is 72.9 Å². The van der Waals surface area contributed by atoms with Crippen LogP contribution in [-0.2, 0) is 14.3 Å². The number of carbonyl (C=O) groups is 2. The Morgan fingerprint density at radius 1 is 0.767 bits per heavy atom. The van der Waals surface area contributed by atoms with Gasteiger partial charge in [0.1, 0.15) is 0 Å². The third-order valence-corrected chi connectivity index (χ3v) is 3.99. The van der Waals surface area contributed by atoms with Gasteiger partial charge in [-0.15, -0.1) is 0 Å². The molecule has 166 valence electrons. The molecule has 0 spiro atoms. The smallest absolute Gasteiger partial charge is 0.345 e. The summed E-state index contributed by atoms with van der Waals surface area (Å²) >= 11 is 0. The highest BCUT2D eigenvalue weighted by Gasteiger charge is 2.17. The van der Waals surface area contributed by atoms with Crippen LogP contribution in [0.1, 0.15) is 58.3 Å². The zero-order valence-corrected chi connectivity index (χ0v) is 18.0. The third-order valence-electron chi connectivity index (χ3n) is 3.99. The predicted octanol–water partition coefficient (Wildman–Crippen LogP) is 4.89. The van der Waals surface area contributed by atoms with Crippen molar-refractivity contribution in [2.45, 2.75) is 64.4 Å². The first-order valence-electron chi connectivity index (χ1n) is 10.7. The summed E-state index contributed by atoms with van der Waals surface area (Å²) in [4.78, 5) is 22.3. The molecular formula is C25H36O5. The quantitative estimate of drug-likeness (QED) is 0.123. The van der Waals surface area contributed by atoms with Crippen LogP contribution in [-0.4, -0.2) is 34.9 Å². The molecule has 0 aromatic heterocycles. The zero-order valence-electron chi connectivity index (χ0n) is 18.0. The zero-order chi connectivity index (χ0) is 22.3. The Bertz CT molecular complexity index is 623. The molecule has 0 heterocycles. The molecule has 0 amide bonds. The molecule has 1 atom stereocenters. The van der Waals surface area contributed by atoms with Crippen molar-refractivity contribution in [2.24, 2.45) is 0 Å². The number of esters is 2. The molecule has 0 rings (SSSR count). The molecule has 0 bridgehead atoms. The van der Waals surface area contributed by atoms with Crippen molar-refractivity contribution in [2.75, 3.05) is 6.61 Å². The first-order valence-corrected chi connectivity index (χ1v) is 10.7. The first kappa shape index (κ1) is 27.5. The van der Waals surface area contributed by atoms with Gasteiger partial charge >= 0.3 is 11.9 Å². The number of hydrogen-bond acceptors (Lipinski definition) is 5. The normalized spacial score (nSPS) is 13.7. The van der Waals surface area contributed by atoms with E-state index in [0.717, 1.165) is 12.5 Å². The van der Waals surface area contributed by atoms with Gasteiger partial charge in [-0.2, -0.15) is 0 Å². The Balaban J connectivity index is 3.82. The van der Waals surface area contributed by atoms with Crippen LogP contribution in [0.4, 0.5) is 0 Å². The Morgan fingerprint density at radius 3 is 1.83 bits per heavy atom. The molecule has 0 aliphatic rings. The second-order valence-corrected chi connectivity index (χ2v) is 6.68. The fourth-order valence-corrected chi connectivity index (χ4v) is 2.32. The van der Waals surface area contributed by atoms with Gasteiger partial charge in [0.15, 0.2) is 6.10 Å². The van der Waals surface area contributed by atoms with Crippen molar-refractivity contribution in [1.29, 1.82) is 0 Å². The maximum Gasteiger partial charge on any atom is 0.345 e. The standard InChI is InChI=1S/C25H36O5/c1-2-3-4-5-6-7-8-9-10-11-12-13-14-15-16-17-18-19-20-21-24(28)30-25(29)23(27)22-26/h10-21,23,26-27H,2-9,22H2,1H3/b11-10+,13-12+,15-14+,17-16+,19-18+,21-20+. The number of carbonyl (C=O) groups excluding carboxylic acids is 2. The van der Waals surface area contributed by atoms with Gasteiger partial charge in [-0.25, -0.2) is 9.59 Å². The van der Waals surface area contributed by atoms with Crippen LogP contribution in [0, 0.1) is 0 Å². The van der Waals surface area contributed by atoms with Gasteiger partial charge in [-0.05, 0) is 12.8 Å². The van der Waals surface area contributed by atoms with Crippen LogP contribution >= 0.6 is 0 Å². The van der Waals surface area contributed by atoms with Crippen LogP contribution in [0.3, 0.4) is 0 Å². The van der Waals surface area contributed by atoms with Crippen molar-refractivity contribution in [3.8, 4) is 0 Å². The second kappa shape index (κ2) is 21.2. The van der Waals surface area contributed by atoms with Gasteiger partial charge < -0.3 is 14.9 Å². The largest absolute Gasteiger partial charge is 0.393 e. The molecule has 0 fully saturated rings. The van der Waals surface area contributed by atoms with E-state index in [1.807, 2.05) is 30.4 Å². The van der Waals surface area contributed by atoms with Crippen molar-refractivity contribution in [1.82, 2.24) is 0 Å². The third kappa shape index (κ3) is 18.8. The minimum Gasteiger partial charge on any atom is -0.393 e. The average molecular weight is 417 g/mol.